The molecule has 0 aromatic carbocycles. The second-order valence-corrected chi connectivity index (χ2v) is 7.39. The van der Waals surface area contributed by atoms with Crippen molar-refractivity contribution >= 4 is 34.8 Å². The summed E-state index contributed by atoms with van der Waals surface area (Å²) in [6, 6.07) is 0. The standard InChI is InChI=1S/C15H26N4OS.ClH/c1-3-9-15(2,16)13(20)17-14-19-18-12(21-14)10-11-7-5-4-6-8-11;/h11H,3-10,16H2,1-2H3,(H,17,19,20);1H. The number of anilines is 1. The number of nitrogens with one attached hydrogen (secondary N) is 1. The number of aromatic nitrogens is 2. The number of hydrogen-bond donors (Lipinski definition) is 2. The predicted molar refractivity (Wildman–Crippen MR) is 93.6 cm³/mol. The summed E-state index contributed by atoms with van der Waals surface area (Å²) in [5.41, 5.74) is 5.18. The number of rotatable bonds is 6. The zero-order valence-electron chi connectivity index (χ0n) is 13.4. The van der Waals surface area contributed by atoms with E-state index in [4.69, 9.17) is 5.73 Å². The van der Waals surface area contributed by atoms with Crippen LogP contribution >= 0.6 is 23.7 Å². The fourth-order valence-corrected chi connectivity index (χ4v) is 3.75. The molecule has 0 spiro atoms. The highest BCUT2D eigenvalue weighted by molar-refractivity contribution is 7.15. The van der Waals surface area contributed by atoms with Gasteiger partial charge in [0.2, 0.25) is 11.0 Å². The minimum atomic E-state index is -0.843. The number of amides is 1. The van der Waals surface area contributed by atoms with Gasteiger partial charge in [0.05, 0.1) is 5.54 Å². The molecule has 0 saturated heterocycles. The van der Waals surface area contributed by atoms with Crippen LogP contribution in [0.15, 0.2) is 0 Å². The maximum Gasteiger partial charge on any atom is 0.245 e. The third-order valence-electron chi connectivity index (χ3n) is 4.16. The smallest absolute Gasteiger partial charge is 0.245 e. The minimum Gasteiger partial charge on any atom is -0.318 e. The third kappa shape index (κ3) is 5.48. The Morgan fingerprint density at radius 2 is 2.05 bits per heavy atom. The first-order valence-electron chi connectivity index (χ1n) is 7.94. The highest BCUT2D eigenvalue weighted by atomic mass is 35.5. The number of carbonyl (C=O) groups excluding carboxylic acids is 1. The molecule has 1 heterocycles. The molecule has 5 nitrogen and oxygen atoms in total. The zero-order valence-corrected chi connectivity index (χ0v) is 15.1. The third-order valence-corrected chi connectivity index (χ3v) is 5.02. The molecular weight excluding hydrogens is 320 g/mol. The Balaban J connectivity index is 0.00000242. The zero-order chi connectivity index (χ0) is 15.3. The topological polar surface area (TPSA) is 80.9 Å². The van der Waals surface area contributed by atoms with Gasteiger partial charge in [-0.2, -0.15) is 0 Å². The molecule has 22 heavy (non-hydrogen) atoms. The Morgan fingerprint density at radius 3 is 2.68 bits per heavy atom. The molecule has 1 aliphatic carbocycles. The molecule has 1 fully saturated rings. The maximum absolute atomic E-state index is 12.1. The summed E-state index contributed by atoms with van der Waals surface area (Å²) in [6.07, 6.45) is 9.13. The lowest BCUT2D eigenvalue weighted by molar-refractivity contribution is -0.120. The van der Waals surface area contributed by atoms with Crippen LogP contribution < -0.4 is 11.1 Å². The first kappa shape index (κ1) is 19.3. The highest BCUT2D eigenvalue weighted by Crippen LogP contribution is 2.28. The van der Waals surface area contributed by atoms with Crippen LogP contribution in [0.1, 0.15) is 63.8 Å². The normalized spacial score (nSPS) is 18.3. The van der Waals surface area contributed by atoms with Gasteiger partial charge in [-0.05, 0) is 19.3 Å². The summed E-state index contributed by atoms with van der Waals surface area (Å²) in [7, 11) is 0. The molecule has 0 aliphatic heterocycles. The number of halogens is 1. The van der Waals surface area contributed by atoms with Crippen molar-refractivity contribution in [3.63, 3.8) is 0 Å². The van der Waals surface area contributed by atoms with Crippen molar-refractivity contribution in [3.8, 4) is 0 Å². The average molecular weight is 347 g/mol. The lowest BCUT2D eigenvalue weighted by atomic mass is 9.87. The Morgan fingerprint density at radius 1 is 1.36 bits per heavy atom. The lowest BCUT2D eigenvalue weighted by Crippen LogP contribution is -2.48. The van der Waals surface area contributed by atoms with Crippen LogP contribution in [0.25, 0.3) is 0 Å². The lowest BCUT2D eigenvalue weighted by Gasteiger charge is -2.21. The van der Waals surface area contributed by atoms with E-state index in [-0.39, 0.29) is 18.3 Å². The fourth-order valence-electron chi connectivity index (χ4n) is 2.90. The van der Waals surface area contributed by atoms with Crippen LogP contribution in [0.4, 0.5) is 5.13 Å². The molecule has 2 rings (SSSR count). The monoisotopic (exact) mass is 346 g/mol. The van der Waals surface area contributed by atoms with Gasteiger partial charge >= 0.3 is 0 Å². The molecule has 0 radical (unpaired) electrons. The van der Waals surface area contributed by atoms with Crippen molar-refractivity contribution in [2.75, 3.05) is 5.32 Å². The second-order valence-electron chi connectivity index (χ2n) is 6.33. The van der Waals surface area contributed by atoms with Crippen molar-refractivity contribution in [2.24, 2.45) is 11.7 Å². The number of nitrogens with zero attached hydrogens (tertiary/aromatic N) is 2. The SMILES string of the molecule is CCCC(C)(N)C(=O)Nc1nnc(CC2CCCCC2)s1.Cl. The molecule has 1 amide bonds. The molecule has 1 aromatic rings. The van der Waals surface area contributed by atoms with E-state index in [1.54, 1.807) is 6.92 Å². The van der Waals surface area contributed by atoms with Gasteiger partial charge in [-0.3, -0.25) is 10.1 Å². The molecule has 3 N–H and O–H groups in total. The van der Waals surface area contributed by atoms with E-state index in [1.165, 1.54) is 43.4 Å². The predicted octanol–water partition coefficient (Wildman–Crippen LogP) is 3.54. The Kier molecular flexibility index (Phi) is 7.72. The molecule has 1 aliphatic rings. The number of carbonyl (C=O) groups is 1. The summed E-state index contributed by atoms with van der Waals surface area (Å²) in [5, 5.41) is 12.7. The second kappa shape index (κ2) is 8.79. The van der Waals surface area contributed by atoms with E-state index < -0.39 is 5.54 Å². The summed E-state index contributed by atoms with van der Waals surface area (Å²) >= 11 is 1.48. The minimum absolute atomic E-state index is 0. The number of hydrogen-bond acceptors (Lipinski definition) is 5. The van der Waals surface area contributed by atoms with E-state index in [1.807, 2.05) is 6.92 Å². The Bertz CT molecular complexity index is 472. The van der Waals surface area contributed by atoms with Gasteiger partial charge in [-0.1, -0.05) is 56.8 Å². The van der Waals surface area contributed by atoms with Crippen molar-refractivity contribution in [1.82, 2.24) is 10.2 Å². The van der Waals surface area contributed by atoms with Crippen LogP contribution in [-0.4, -0.2) is 21.6 Å². The van der Waals surface area contributed by atoms with Gasteiger partial charge in [0.15, 0.2) is 0 Å². The molecule has 1 atom stereocenters. The van der Waals surface area contributed by atoms with Gasteiger partial charge in [-0.25, -0.2) is 0 Å². The van der Waals surface area contributed by atoms with Gasteiger partial charge in [0.1, 0.15) is 5.01 Å². The summed E-state index contributed by atoms with van der Waals surface area (Å²) in [5.74, 6) is 0.555. The maximum atomic E-state index is 12.1. The van der Waals surface area contributed by atoms with E-state index in [0.717, 1.165) is 23.8 Å². The fraction of sp³-hybridized carbons (Fsp3) is 0.800. The van der Waals surface area contributed by atoms with Crippen LogP contribution in [-0.2, 0) is 11.2 Å². The highest BCUT2D eigenvalue weighted by Gasteiger charge is 2.28. The molecule has 7 heteroatoms. The van der Waals surface area contributed by atoms with E-state index in [0.29, 0.717) is 11.6 Å². The average Bonchev–Trinajstić information content (AvgIpc) is 2.87. The molecular formula is C15H27ClN4OS. The molecule has 1 aromatic heterocycles. The van der Waals surface area contributed by atoms with Gasteiger partial charge in [0, 0.05) is 6.42 Å². The van der Waals surface area contributed by atoms with E-state index in [9.17, 15) is 4.79 Å². The van der Waals surface area contributed by atoms with Crippen molar-refractivity contribution < 1.29 is 4.79 Å². The van der Waals surface area contributed by atoms with Crippen molar-refractivity contribution in [1.29, 1.82) is 0 Å². The quantitative estimate of drug-likeness (QED) is 0.825. The Hall–Kier alpha value is -0.720. The van der Waals surface area contributed by atoms with Crippen molar-refractivity contribution in [3.05, 3.63) is 5.01 Å². The van der Waals surface area contributed by atoms with Crippen molar-refractivity contribution in [2.45, 2.75) is 70.8 Å². The molecule has 0 bridgehead atoms. The number of nitrogens with two attached hydrogens (primary N) is 1. The summed E-state index contributed by atoms with van der Waals surface area (Å²) in [6.45, 7) is 3.78. The molecule has 126 valence electrons. The van der Waals surface area contributed by atoms with Crippen LogP contribution in [0, 0.1) is 5.92 Å². The molecule has 1 saturated carbocycles. The molecule has 1 unspecified atom stereocenters. The first-order valence-corrected chi connectivity index (χ1v) is 8.75. The van der Waals surface area contributed by atoms with Crippen LogP contribution in [0.2, 0.25) is 0 Å². The Labute approximate surface area is 142 Å². The van der Waals surface area contributed by atoms with E-state index in [2.05, 4.69) is 15.5 Å². The summed E-state index contributed by atoms with van der Waals surface area (Å²) in [4.78, 5) is 12.1. The largest absolute Gasteiger partial charge is 0.318 e. The van der Waals surface area contributed by atoms with Gasteiger partial charge in [-0.15, -0.1) is 22.6 Å². The first-order chi connectivity index (χ1) is 10.0. The summed E-state index contributed by atoms with van der Waals surface area (Å²) < 4.78 is 0. The van der Waals surface area contributed by atoms with Crippen LogP contribution in [0.5, 0.6) is 0 Å². The van der Waals surface area contributed by atoms with Crippen LogP contribution in [0.3, 0.4) is 0 Å². The van der Waals surface area contributed by atoms with Gasteiger partial charge < -0.3 is 5.73 Å². The van der Waals surface area contributed by atoms with Gasteiger partial charge in [0.25, 0.3) is 0 Å². The van der Waals surface area contributed by atoms with E-state index >= 15 is 0 Å².